The Balaban J connectivity index is 2.88. The van der Waals surface area contributed by atoms with Crippen molar-refractivity contribution < 1.29 is 21.9 Å². The number of rotatable bonds is 5. The van der Waals surface area contributed by atoms with Crippen LogP contribution in [0.2, 0.25) is 0 Å². The number of aliphatic hydroxyl groups is 1. The molecule has 1 N–H and O–H groups in total. The van der Waals surface area contributed by atoms with Crippen LogP contribution in [0, 0.1) is 0 Å². The molecule has 1 atom stereocenters. The Bertz CT molecular complexity index is 432. The van der Waals surface area contributed by atoms with E-state index in [0.29, 0.717) is 6.42 Å². The van der Waals surface area contributed by atoms with Crippen LogP contribution in [0.25, 0.3) is 0 Å². The number of alkyl halides is 1. The normalized spacial score (nSPS) is 25.1. The molecule has 16 heavy (non-hydrogen) atoms. The molecule has 0 saturated carbocycles. The first-order valence-corrected chi connectivity index (χ1v) is 9.24. The molecule has 0 bridgehead atoms. The zero-order valence-electron chi connectivity index (χ0n) is 8.54. The van der Waals surface area contributed by atoms with Gasteiger partial charge in [0.25, 0.3) is 0 Å². The molecule has 1 aliphatic heterocycles. The van der Waals surface area contributed by atoms with Gasteiger partial charge in [0.1, 0.15) is 4.66 Å². The third kappa shape index (κ3) is 3.39. The summed E-state index contributed by atoms with van der Waals surface area (Å²) in [5.74, 6) is -0.142. The zero-order valence-corrected chi connectivity index (χ0v) is 11.8. The van der Waals surface area contributed by atoms with Crippen LogP contribution in [-0.4, -0.2) is 61.6 Å². The molecular weight excluding hydrogens is 322 g/mol. The van der Waals surface area contributed by atoms with Gasteiger partial charge in [-0.15, -0.1) is 0 Å². The predicted octanol–water partition coefficient (Wildman–Crippen LogP) is -0.850. The number of nitrogens with zero attached hydrogens (tertiary/aromatic N) is 1. The Morgan fingerprint density at radius 3 is 2.44 bits per heavy atom. The van der Waals surface area contributed by atoms with Crippen LogP contribution in [0.15, 0.2) is 0 Å². The highest BCUT2D eigenvalue weighted by atomic mass is 79.9. The Morgan fingerprint density at radius 2 is 2.06 bits per heavy atom. The van der Waals surface area contributed by atoms with Gasteiger partial charge in [-0.3, -0.25) is 0 Å². The van der Waals surface area contributed by atoms with E-state index < -0.39 is 25.9 Å². The van der Waals surface area contributed by atoms with Crippen LogP contribution in [0.3, 0.4) is 0 Å². The second kappa shape index (κ2) is 5.30. The summed E-state index contributed by atoms with van der Waals surface area (Å²) in [6.45, 7) is -0.378. The molecule has 0 aliphatic carbocycles. The van der Waals surface area contributed by atoms with Gasteiger partial charge < -0.3 is 5.11 Å². The topological polar surface area (TPSA) is 91.8 Å². The van der Waals surface area contributed by atoms with Crippen molar-refractivity contribution in [3.05, 3.63) is 0 Å². The Morgan fingerprint density at radius 1 is 1.44 bits per heavy atom. The van der Waals surface area contributed by atoms with Gasteiger partial charge in [0.05, 0.1) is 18.1 Å². The number of hydrogen-bond acceptors (Lipinski definition) is 5. The van der Waals surface area contributed by atoms with Crippen LogP contribution in [-0.2, 0) is 19.9 Å². The molecule has 1 unspecified atom stereocenters. The molecule has 0 spiro atoms. The summed E-state index contributed by atoms with van der Waals surface area (Å²) >= 11 is 2.86. The third-order valence-electron chi connectivity index (χ3n) is 2.43. The molecule has 0 radical (unpaired) electrons. The minimum Gasteiger partial charge on any atom is -0.395 e. The summed E-state index contributed by atoms with van der Waals surface area (Å²) in [5, 5.41) is 8.82. The van der Waals surface area contributed by atoms with Crippen molar-refractivity contribution in [2.75, 3.05) is 29.3 Å². The fourth-order valence-electron chi connectivity index (χ4n) is 1.71. The second-order valence-corrected chi connectivity index (χ2v) is 9.07. The van der Waals surface area contributed by atoms with Crippen molar-refractivity contribution in [2.45, 2.75) is 12.5 Å². The van der Waals surface area contributed by atoms with E-state index in [0.717, 1.165) is 4.31 Å². The quantitative estimate of drug-likeness (QED) is 0.661. The SMILES string of the molecule is O=S1(=O)CCC(N(CCO)S(=O)(=O)CBr)C1. The molecule has 0 aromatic rings. The lowest BCUT2D eigenvalue weighted by Crippen LogP contribution is -2.43. The molecule has 1 saturated heterocycles. The highest BCUT2D eigenvalue weighted by Gasteiger charge is 2.37. The number of hydrogen-bond donors (Lipinski definition) is 1. The highest BCUT2D eigenvalue weighted by Crippen LogP contribution is 2.21. The van der Waals surface area contributed by atoms with Gasteiger partial charge in [0.2, 0.25) is 10.0 Å². The summed E-state index contributed by atoms with van der Waals surface area (Å²) in [6, 6.07) is -0.542. The minimum atomic E-state index is -3.53. The van der Waals surface area contributed by atoms with Crippen LogP contribution in [0.1, 0.15) is 6.42 Å². The molecule has 0 aromatic heterocycles. The summed E-state index contributed by atoms with van der Waals surface area (Å²) in [5.41, 5.74) is 0. The van der Waals surface area contributed by atoms with E-state index in [-0.39, 0.29) is 29.3 Å². The van der Waals surface area contributed by atoms with Crippen molar-refractivity contribution in [3.8, 4) is 0 Å². The molecule has 1 aliphatic rings. The van der Waals surface area contributed by atoms with Crippen molar-refractivity contribution in [2.24, 2.45) is 0 Å². The van der Waals surface area contributed by atoms with Gasteiger partial charge in [-0.1, -0.05) is 15.9 Å². The van der Waals surface area contributed by atoms with Gasteiger partial charge >= 0.3 is 0 Å². The zero-order chi connectivity index (χ0) is 12.4. The van der Waals surface area contributed by atoms with E-state index in [1.807, 2.05) is 0 Å². The van der Waals surface area contributed by atoms with Gasteiger partial charge in [-0.2, -0.15) is 4.31 Å². The van der Waals surface area contributed by atoms with Crippen molar-refractivity contribution in [1.29, 1.82) is 0 Å². The summed E-state index contributed by atoms with van der Waals surface area (Å²) in [7, 11) is -6.66. The van der Waals surface area contributed by atoms with Gasteiger partial charge in [-0.25, -0.2) is 16.8 Å². The Hall–Kier alpha value is 0.300. The molecule has 6 nitrogen and oxygen atoms in total. The first-order valence-electron chi connectivity index (χ1n) is 4.69. The average Bonchev–Trinajstić information content (AvgIpc) is 2.54. The second-order valence-electron chi connectivity index (χ2n) is 3.61. The van der Waals surface area contributed by atoms with Crippen molar-refractivity contribution in [1.82, 2.24) is 4.31 Å². The fourth-order valence-corrected chi connectivity index (χ4v) is 5.45. The van der Waals surface area contributed by atoms with Crippen LogP contribution in [0.4, 0.5) is 0 Å². The minimum absolute atomic E-state index is 0.0113. The van der Waals surface area contributed by atoms with E-state index in [4.69, 9.17) is 5.11 Å². The summed E-state index contributed by atoms with van der Waals surface area (Å²) < 4.78 is 46.7. The molecule has 9 heteroatoms. The fraction of sp³-hybridized carbons (Fsp3) is 1.00. The van der Waals surface area contributed by atoms with Gasteiger partial charge in [0.15, 0.2) is 9.84 Å². The van der Waals surface area contributed by atoms with Crippen molar-refractivity contribution in [3.63, 3.8) is 0 Å². The van der Waals surface area contributed by atoms with E-state index in [1.54, 1.807) is 0 Å². The largest absolute Gasteiger partial charge is 0.395 e. The smallest absolute Gasteiger partial charge is 0.224 e. The lowest BCUT2D eigenvalue weighted by atomic mass is 10.3. The maximum absolute atomic E-state index is 11.7. The average molecular weight is 336 g/mol. The molecular formula is C7H14BrNO5S2. The number of sulfone groups is 1. The first kappa shape index (κ1) is 14.4. The van der Waals surface area contributed by atoms with E-state index >= 15 is 0 Å². The molecule has 1 rings (SSSR count). The molecule has 1 fully saturated rings. The number of sulfonamides is 1. The number of halogens is 1. The lowest BCUT2D eigenvalue weighted by molar-refractivity contribution is 0.233. The summed E-state index contributed by atoms with van der Waals surface area (Å²) in [4.78, 5) is 0. The van der Waals surface area contributed by atoms with Gasteiger partial charge in [-0.05, 0) is 6.42 Å². The van der Waals surface area contributed by atoms with E-state index in [2.05, 4.69) is 15.9 Å². The van der Waals surface area contributed by atoms with Crippen LogP contribution < -0.4 is 0 Å². The van der Waals surface area contributed by atoms with Crippen LogP contribution >= 0.6 is 15.9 Å². The van der Waals surface area contributed by atoms with Gasteiger partial charge in [0, 0.05) is 12.6 Å². The molecule has 96 valence electrons. The molecule has 1 heterocycles. The lowest BCUT2D eigenvalue weighted by Gasteiger charge is -2.25. The monoisotopic (exact) mass is 335 g/mol. The highest BCUT2D eigenvalue weighted by molar-refractivity contribution is 9.10. The maximum Gasteiger partial charge on any atom is 0.224 e. The molecule has 0 aromatic carbocycles. The standard InChI is InChI=1S/C7H14BrNO5S2/c8-6-16(13,14)9(2-3-10)7-1-4-15(11,12)5-7/h7,10H,1-6H2. The summed E-state index contributed by atoms with van der Waals surface area (Å²) in [6.07, 6.45) is 0.300. The van der Waals surface area contributed by atoms with Crippen LogP contribution in [0.5, 0.6) is 0 Å². The van der Waals surface area contributed by atoms with E-state index in [1.165, 1.54) is 0 Å². The molecule has 0 amide bonds. The Labute approximate surface area is 104 Å². The van der Waals surface area contributed by atoms with E-state index in [9.17, 15) is 16.8 Å². The first-order chi connectivity index (χ1) is 7.32. The maximum atomic E-state index is 11.7. The third-order valence-corrected chi connectivity index (χ3v) is 7.39. The Kier molecular flexibility index (Phi) is 4.76. The number of aliphatic hydroxyl groups excluding tert-OH is 1. The van der Waals surface area contributed by atoms with Crippen molar-refractivity contribution >= 4 is 35.8 Å². The predicted molar refractivity (Wildman–Crippen MR) is 63.6 cm³/mol.